The van der Waals surface area contributed by atoms with Crippen LogP contribution in [-0.4, -0.2) is 0 Å². The first kappa shape index (κ1) is 15.3. The Labute approximate surface area is 139 Å². The van der Waals surface area contributed by atoms with Gasteiger partial charge in [0.25, 0.3) is 0 Å². The summed E-state index contributed by atoms with van der Waals surface area (Å²) in [4.78, 5) is 0. The fourth-order valence-electron chi connectivity index (χ4n) is 3.07. The summed E-state index contributed by atoms with van der Waals surface area (Å²) in [7, 11) is 0. The van der Waals surface area contributed by atoms with E-state index in [1.165, 1.54) is 27.8 Å². The lowest BCUT2D eigenvalue weighted by Crippen LogP contribution is -2.01. The third-order valence-corrected chi connectivity index (χ3v) is 4.06. The van der Waals surface area contributed by atoms with Crippen LogP contribution in [0.5, 0.6) is 0 Å². The van der Waals surface area contributed by atoms with Crippen molar-refractivity contribution in [3.8, 4) is 0 Å². The molecule has 114 valence electrons. The van der Waals surface area contributed by atoms with E-state index in [0.717, 1.165) is 0 Å². The number of hydrogen-bond donors (Lipinski definition) is 0. The molecule has 0 aromatic heterocycles. The quantitative estimate of drug-likeness (QED) is 0.496. The average Bonchev–Trinajstić information content (AvgIpc) is 2.61. The largest absolute Gasteiger partial charge is 0.0622 e. The molecule has 0 N–H and O–H groups in total. The van der Waals surface area contributed by atoms with Crippen molar-refractivity contribution in [2.75, 3.05) is 0 Å². The number of hydrogen-bond acceptors (Lipinski definition) is 0. The van der Waals surface area contributed by atoms with Crippen molar-refractivity contribution in [1.82, 2.24) is 0 Å². The van der Waals surface area contributed by atoms with Crippen LogP contribution in [0.4, 0.5) is 0 Å². The summed E-state index contributed by atoms with van der Waals surface area (Å²) in [6.07, 6.45) is 0. The van der Waals surface area contributed by atoms with E-state index in [1.807, 2.05) is 0 Å². The fourth-order valence-corrected chi connectivity index (χ4v) is 3.07. The van der Waals surface area contributed by atoms with Gasteiger partial charge in [-0.2, -0.15) is 0 Å². The first-order valence-corrected chi connectivity index (χ1v) is 8.18. The third kappa shape index (κ3) is 3.43. The molecule has 0 nitrogen and oxygen atoms in total. The minimum absolute atomic E-state index is 0.438. The van der Waals surface area contributed by atoms with Crippen LogP contribution in [0, 0.1) is 5.92 Å². The van der Waals surface area contributed by atoms with E-state index >= 15 is 0 Å². The summed E-state index contributed by atoms with van der Waals surface area (Å²) < 4.78 is 0. The molecule has 3 aromatic rings. The van der Waals surface area contributed by atoms with E-state index in [-0.39, 0.29) is 0 Å². The van der Waals surface area contributed by atoms with Gasteiger partial charge < -0.3 is 0 Å². The van der Waals surface area contributed by atoms with E-state index in [9.17, 15) is 0 Å². The summed E-state index contributed by atoms with van der Waals surface area (Å²) in [6.45, 7) is 4.54. The normalized spacial score (nSPS) is 10.6. The average molecular weight is 298 g/mol. The zero-order valence-corrected chi connectivity index (χ0v) is 13.7. The molecule has 0 aliphatic rings. The molecule has 3 rings (SSSR count). The van der Waals surface area contributed by atoms with Gasteiger partial charge in [0, 0.05) is 0 Å². The lowest BCUT2D eigenvalue weighted by Gasteiger charge is -2.20. The highest BCUT2D eigenvalue weighted by atomic mass is 14.2. The van der Waals surface area contributed by atoms with Crippen molar-refractivity contribution in [2.45, 2.75) is 13.8 Å². The smallest absolute Gasteiger partial charge is 0.00707 e. The molecule has 0 heterocycles. The predicted octanol–water partition coefficient (Wildman–Crippen LogP) is 6.30. The van der Waals surface area contributed by atoms with Crippen LogP contribution < -0.4 is 0 Å². The molecule has 0 aliphatic carbocycles. The molecule has 0 fully saturated rings. The van der Waals surface area contributed by atoms with Crippen molar-refractivity contribution < 1.29 is 0 Å². The van der Waals surface area contributed by atoms with Gasteiger partial charge in [0.1, 0.15) is 0 Å². The highest BCUT2D eigenvalue weighted by Gasteiger charge is 2.16. The van der Waals surface area contributed by atoms with Crippen molar-refractivity contribution >= 4 is 11.1 Å². The third-order valence-electron chi connectivity index (χ3n) is 4.06. The molecule has 0 radical (unpaired) electrons. The van der Waals surface area contributed by atoms with Crippen LogP contribution in [-0.2, 0) is 0 Å². The highest BCUT2D eigenvalue weighted by molar-refractivity contribution is 5.99. The van der Waals surface area contributed by atoms with Gasteiger partial charge >= 0.3 is 0 Å². The van der Waals surface area contributed by atoms with Crippen molar-refractivity contribution in [3.63, 3.8) is 0 Å². The van der Waals surface area contributed by atoms with E-state index in [2.05, 4.69) is 105 Å². The maximum Gasteiger partial charge on any atom is -0.00707 e. The van der Waals surface area contributed by atoms with Crippen molar-refractivity contribution in [1.29, 1.82) is 0 Å². The van der Waals surface area contributed by atoms with Crippen LogP contribution in [0.15, 0.2) is 91.0 Å². The van der Waals surface area contributed by atoms with Crippen LogP contribution in [0.1, 0.15) is 30.5 Å². The Bertz CT molecular complexity index is 725. The van der Waals surface area contributed by atoms with Crippen LogP contribution in [0.3, 0.4) is 0 Å². The van der Waals surface area contributed by atoms with Crippen molar-refractivity contribution in [2.24, 2.45) is 5.92 Å². The van der Waals surface area contributed by atoms with E-state index < -0.39 is 0 Å². The SMILES string of the molecule is CC(C)C(=C(c1ccccc1)c1ccccc1)c1ccccc1. The molecule has 0 amide bonds. The number of allylic oxidation sites excluding steroid dienone is 1. The second kappa shape index (κ2) is 7.11. The Balaban J connectivity index is 2.32. The molecule has 0 spiro atoms. The van der Waals surface area contributed by atoms with Crippen LogP contribution in [0.2, 0.25) is 0 Å². The predicted molar refractivity (Wildman–Crippen MR) is 100 cm³/mol. The van der Waals surface area contributed by atoms with Gasteiger partial charge in [-0.05, 0) is 33.8 Å². The van der Waals surface area contributed by atoms with Crippen molar-refractivity contribution in [3.05, 3.63) is 108 Å². The fraction of sp³-hybridized carbons (Fsp3) is 0.130. The Morgan fingerprint density at radius 3 is 1.22 bits per heavy atom. The minimum atomic E-state index is 0.438. The Morgan fingerprint density at radius 1 is 0.522 bits per heavy atom. The molecule has 3 aromatic carbocycles. The number of rotatable bonds is 4. The maximum atomic E-state index is 2.27. The zero-order chi connectivity index (χ0) is 16.1. The van der Waals surface area contributed by atoms with E-state index in [0.29, 0.717) is 5.92 Å². The number of benzene rings is 3. The molecule has 0 bridgehead atoms. The summed E-state index contributed by atoms with van der Waals surface area (Å²) in [5, 5.41) is 0. The Morgan fingerprint density at radius 2 is 0.870 bits per heavy atom. The van der Waals surface area contributed by atoms with Gasteiger partial charge in [-0.3, -0.25) is 0 Å². The van der Waals surface area contributed by atoms with E-state index in [4.69, 9.17) is 0 Å². The molecular formula is C23H22. The molecule has 0 unspecified atom stereocenters. The second-order valence-corrected chi connectivity index (χ2v) is 6.04. The maximum absolute atomic E-state index is 2.27. The Hall–Kier alpha value is -2.60. The first-order valence-electron chi connectivity index (χ1n) is 8.18. The molecule has 23 heavy (non-hydrogen) atoms. The lowest BCUT2D eigenvalue weighted by atomic mass is 9.84. The first-order chi connectivity index (χ1) is 11.3. The summed E-state index contributed by atoms with van der Waals surface area (Å²) in [5.74, 6) is 0.438. The molecule has 0 aliphatic heterocycles. The van der Waals surface area contributed by atoms with Gasteiger partial charge in [0.05, 0.1) is 0 Å². The highest BCUT2D eigenvalue weighted by Crippen LogP contribution is 2.36. The lowest BCUT2D eigenvalue weighted by molar-refractivity contribution is 0.857. The zero-order valence-electron chi connectivity index (χ0n) is 13.7. The van der Waals surface area contributed by atoms with Gasteiger partial charge in [-0.25, -0.2) is 0 Å². The van der Waals surface area contributed by atoms with Gasteiger partial charge in [0.15, 0.2) is 0 Å². The van der Waals surface area contributed by atoms with Gasteiger partial charge in [-0.15, -0.1) is 0 Å². The van der Waals surface area contributed by atoms with E-state index in [1.54, 1.807) is 0 Å². The topological polar surface area (TPSA) is 0 Å². The summed E-state index contributed by atoms with van der Waals surface area (Å²) in [5.41, 5.74) is 6.55. The van der Waals surface area contributed by atoms with Crippen LogP contribution in [0.25, 0.3) is 11.1 Å². The molecule has 0 atom stereocenters. The summed E-state index contributed by atoms with van der Waals surface area (Å²) in [6, 6.07) is 32.1. The molecule has 0 saturated heterocycles. The second-order valence-electron chi connectivity index (χ2n) is 6.04. The standard InChI is InChI=1S/C23H22/c1-18(2)22(19-12-6-3-7-13-19)23(20-14-8-4-9-15-20)21-16-10-5-11-17-21/h3-18H,1-2H3. The monoisotopic (exact) mass is 298 g/mol. The summed E-state index contributed by atoms with van der Waals surface area (Å²) >= 11 is 0. The van der Waals surface area contributed by atoms with Gasteiger partial charge in [-0.1, -0.05) is 105 Å². The van der Waals surface area contributed by atoms with Crippen LogP contribution >= 0.6 is 0 Å². The molecule has 0 saturated carbocycles. The van der Waals surface area contributed by atoms with Gasteiger partial charge in [0.2, 0.25) is 0 Å². The molecule has 0 heteroatoms. The minimum Gasteiger partial charge on any atom is -0.0622 e. The molecular weight excluding hydrogens is 276 g/mol. The Kier molecular flexibility index (Phi) is 4.73.